The van der Waals surface area contributed by atoms with E-state index in [2.05, 4.69) is 20.6 Å². The molecule has 0 aliphatic rings. The number of nitrogens with zero attached hydrogens (tertiary/aromatic N) is 3. The van der Waals surface area contributed by atoms with Crippen molar-refractivity contribution in [2.75, 3.05) is 0 Å². The van der Waals surface area contributed by atoms with E-state index in [1.54, 1.807) is 17.1 Å². The monoisotopic (exact) mass is 478 g/mol. The first-order valence-electron chi connectivity index (χ1n) is 11.7. The molecule has 0 aliphatic heterocycles. The maximum absolute atomic E-state index is 13.3. The van der Waals surface area contributed by atoms with Crippen LogP contribution in [0.2, 0.25) is 0 Å². The summed E-state index contributed by atoms with van der Waals surface area (Å²) in [5.74, 6) is -0.520. The molecule has 2 amide bonds. The number of carbonyl (C=O) groups excluding carboxylic acids is 2. The number of hydrogen-bond acceptors (Lipinski definition) is 4. The topological polar surface area (TPSA) is 105 Å². The molecule has 36 heavy (non-hydrogen) atoms. The van der Waals surface area contributed by atoms with Crippen LogP contribution in [0.1, 0.15) is 18.1 Å². The number of para-hydroxylation sites is 2. The molecule has 3 N–H and O–H groups in total. The van der Waals surface area contributed by atoms with Gasteiger partial charge in [0, 0.05) is 66.7 Å². The Morgan fingerprint density at radius 3 is 2.50 bits per heavy atom. The minimum Gasteiger partial charge on any atom is -0.361 e. The highest BCUT2D eigenvalue weighted by Crippen LogP contribution is 2.24. The third-order valence-electron chi connectivity index (χ3n) is 6.01. The van der Waals surface area contributed by atoms with Crippen LogP contribution in [-0.4, -0.2) is 37.6 Å². The fraction of sp³-hybridized carbons (Fsp3) is 0.143. The fourth-order valence-electron chi connectivity index (χ4n) is 4.29. The van der Waals surface area contributed by atoms with E-state index in [-0.39, 0.29) is 18.4 Å². The number of fused-ring (bicyclic) bond motifs is 1. The predicted molar refractivity (Wildman–Crippen MR) is 138 cm³/mol. The highest BCUT2D eigenvalue weighted by atomic mass is 16.2. The van der Waals surface area contributed by atoms with Gasteiger partial charge in [-0.1, -0.05) is 36.4 Å². The van der Waals surface area contributed by atoms with Crippen LogP contribution in [0.15, 0.2) is 91.5 Å². The van der Waals surface area contributed by atoms with Gasteiger partial charge in [-0.15, -0.1) is 0 Å². The molecule has 8 heteroatoms. The van der Waals surface area contributed by atoms with Gasteiger partial charge in [0.05, 0.1) is 11.4 Å². The predicted octanol–water partition coefficient (Wildman–Crippen LogP) is 3.78. The second-order valence-corrected chi connectivity index (χ2v) is 8.55. The van der Waals surface area contributed by atoms with E-state index in [1.165, 1.54) is 6.92 Å². The number of carbonyl (C=O) groups is 2. The van der Waals surface area contributed by atoms with Gasteiger partial charge in [-0.25, -0.2) is 4.68 Å². The van der Waals surface area contributed by atoms with Crippen molar-refractivity contribution in [2.24, 2.45) is 0 Å². The van der Waals surface area contributed by atoms with Gasteiger partial charge in [0.1, 0.15) is 6.04 Å². The highest BCUT2D eigenvalue weighted by molar-refractivity contribution is 5.89. The number of pyridine rings is 1. The third-order valence-corrected chi connectivity index (χ3v) is 6.01. The summed E-state index contributed by atoms with van der Waals surface area (Å²) < 4.78 is 1.80. The minimum atomic E-state index is -0.713. The minimum absolute atomic E-state index is 0.257. The maximum Gasteiger partial charge on any atom is 0.243 e. The Bertz CT molecular complexity index is 1490. The Kier molecular flexibility index (Phi) is 6.57. The Balaban J connectivity index is 1.39. The third kappa shape index (κ3) is 5.02. The molecule has 0 saturated heterocycles. The number of nitrogens with one attached hydrogen (secondary N) is 3. The zero-order valence-electron chi connectivity index (χ0n) is 19.8. The molecule has 2 aromatic carbocycles. The van der Waals surface area contributed by atoms with Crippen LogP contribution in [-0.2, 0) is 22.6 Å². The summed E-state index contributed by atoms with van der Waals surface area (Å²) in [5.41, 5.74) is 5.39. The molecule has 5 rings (SSSR count). The summed E-state index contributed by atoms with van der Waals surface area (Å²) >= 11 is 0. The van der Waals surface area contributed by atoms with Crippen molar-refractivity contribution in [1.82, 2.24) is 30.4 Å². The lowest BCUT2D eigenvalue weighted by Gasteiger charge is -2.17. The van der Waals surface area contributed by atoms with Gasteiger partial charge in [0.25, 0.3) is 0 Å². The van der Waals surface area contributed by atoms with Crippen LogP contribution >= 0.6 is 0 Å². The van der Waals surface area contributed by atoms with E-state index in [9.17, 15) is 9.59 Å². The standard InChI is InChI=1S/C28H26N6O2/c1-19(35)32-26(15-21-16-30-25-10-6-5-9-24(21)25)28(36)31-17-22-18-34(23-7-3-2-4-8-23)33-27(22)20-11-13-29-14-12-20/h2-14,16,18,26,30H,15,17H2,1H3,(H,31,36)(H,32,35). The highest BCUT2D eigenvalue weighted by Gasteiger charge is 2.22. The Hall–Kier alpha value is -4.72. The van der Waals surface area contributed by atoms with Crippen molar-refractivity contribution in [3.8, 4) is 16.9 Å². The summed E-state index contributed by atoms with van der Waals surface area (Å²) in [4.78, 5) is 32.5. The molecule has 3 aromatic heterocycles. The van der Waals surface area contributed by atoms with Crippen LogP contribution in [0.3, 0.4) is 0 Å². The average Bonchev–Trinajstić information content (AvgIpc) is 3.52. The van der Waals surface area contributed by atoms with Crippen molar-refractivity contribution < 1.29 is 9.59 Å². The number of rotatable bonds is 8. The molecule has 0 spiro atoms. The van der Waals surface area contributed by atoms with Crippen molar-refractivity contribution in [1.29, 1.82) is 0 Å². The second-order valence-electron chi connectivity index (χ2n) is 8.55. The number of H-pyrrole nitrogens is 1. The lowest BCUT2D eigenvalue weighted by molar-refractivity contribution is -0.128. The Morgan fingerprint density at radius 1 is 0.972 bits per heavy atom. The van der Waals surface area contributed by atoms with Crippen molar-refractivity contribution in [2.45, 2.75) is 25.9 Å². The summed E-state index contributed by atoms with van der Waals surface area (Å²) in [5, 5.41) is 11.6. The largest absolute Gasteiger partial charge is 0.361 e. The Morgan fingerprint density at radius 2 is 1.72 bits per heavy atom. The summed E-state index contributed by atoms with van der Waals surface area (Å²) in [6.07, 6.45) is 7.60. The fourth-order valence-corrected chi connectivity index (χ4v) is 4.29. The summed E-state index contributed by atoms with van der Waals surface area (Å²) in [6, 6.07) is 20.8. The molecule has 180 valence electrons. The zero-order valence-corrected chi connectivity index (χ0v) is 19.8. The van der Waals surface area contributed by atoms with Crippen molar-refractivity contribution in [3.63, 3.8) is 0 Å². The normalized spacial score (nSPS) is 11.8. The first kappa shape index (κ1) is 23.0. The van der Waals surface area contributed by atoms with Gasteiger partial charge in [-0.2, -0.15) is 5.10 Å². The van der Waals surface area contributed by atoms with Gasteiger partial charge < -0.3 is 15.6 Å². The van der Waals surface area contributed by atoms with Crippen LogP contribution < -0.4 is 10.6 Å². The molecule has 5 aromatic rings. The molecule has 3 heterocycles. The molecular weight excluding hydrogens is 452 g/mol. The molecular formula is C28H26N6O2. The van der Waals surface area contributed by atoms with Crippen LogP contribution in [0.25, 0.3) is 27.8 Å². The average molecular weight is 479 g/mol. The number of aromatic nitrogens is 4. The first-order chi connectivity index (χ1) is 17.6. The summed E-state index contributed by atoms with van der Waals surface area (Å²) in [7, 11) is 0. The lowest BCUT2D eigenvalue weighted by Crippen LogP contribution is -2.47. The molecule has 0 fully saturated rings. The summed E-state index contributed by atoms with van der Waals surface area (Å²) in [6.45, 7) is 1.67. The van der Waals surface area contributed by atoms with E-state index >= 15 is 0 Å². The van der Waals surface area contributed by atoms with Crippen molar-refractivity contribution in [3.05, 3.63) is 103 Å². The second kappa shape index (κ2) is 10.3. The van der Waals surface area contributed by atoms with Gasteiger partial charge in [0.15, 0.2) is 0 Å². The molecule has 0 aliphatic carbocycles. The Labute approximate surface area is 208 Å². The van der Waals surface area contributed by atoms with Crippen LogP contribution in [0, 0.1) is 0 Å². The molecule has 0 bridgehead atoms. The molecule has 0 radical (unpaired) electrons. The van der Waals surface area contributed by atoms with E-state index in [1.807, 2.05) is 79.1 Å². The number of amides is 2. The first-order valence-corrected chi connectivity index (χ1v) is 11.7. The van der Waals surface area contributed by atoms with Gasteiger partial charge >= 0.3 is 0 Å². The maximum atomic E-state index is 13.3. The molecule has 1 atom stereocenters. The quantitative estimate of drug-likeness (QED) is 0.316. The zero-order chi connectivity index (χ0) is 24.9. The molecule has 1 unspecified atom stereocenters. The molecule has 0 saturated carbocycles. The van der Waals surface area contributed by atoms with E-state index < -0.39 is 6.04 Å². The van der Waals surface area contributed by atoms with Crippen LogP contribution in [0.5, 0.6) is 0 Å². The number of benzene rings is 2. The van der Waals surface area contributed by atoms with Crippen LogP contribution in [0.4, 0.5) is 0 Å². The van der Waals surface area contributed by atoms with Gasteiger partial charge in [-0.3, -0.25) is 14.6 Å². The van der Waals surface area contributed by atoms with E-state index in [0.29, 0.717) is 6.42 Å². The SMILES string of the molecule is CC(=O)NC(Cc1c[nH]c2ccccc12)C(=O)NCc1cn(-c2ccccc2)nc1-c1ccncc1. The number of hydrogen-bond donors (Lipinski definition) is 3. The smallest absolute Gasteiger partial charge is 0.243 e. The van der Waals surface area contributed by atoms with Gasteiger partial charge in [-0.05, 0) is 35.9 Å². The van der Waals surface area contributed by atoms with Crippen molar-refractivity contribution >= 4 is 22.7 Å². The van der Waals surface area contributed by atoms with Gasteiger partial charge in [0.2, 0.25) is 11.8 Å². The van der Waals surface area contributed by atoms with E-state index in [0.717, 1.165) is 39.0 Å². The molecule has 8 nitrogen and oxygen atoms in total. The number of aromatic amines is 1. The lowest BCUT2D eigenvalue weighted by atomic mass is 10.0. The van der Waals surface area contributed by atoms with E-state index in [4.69, 9.17) is 5.10 Å².